The Morgan fingerprint density at radius 2 is 1.67 bits per heavy atom. The van der Waals surface area contributed by atoms with Gasteiger partial charge in [0.05, 0.1) is 0 Å². The maximum absolute atomic E-state index is 11.1. The van der Waals surface area contributed by atoms with Crippen LogP contribution in [0.4, 0.5) is 9.18 Å². The molecule has 0 spiro atoms. The Labute approximate surface area is 51.7 Å². The van der Waals surface area contributed by atoms with Gasteiger partial charge in [0, 0.05) is 6.92 Å². The molecule has 0 atom stereocenters. The van der Waals surface area contributed by atoms with Crippen molar-refractivity contribution in [3.05, 3.63) is 0 Å². The Morgan fingerprint density at radius 1 is 1.56 bits per heavy atom. The number of amides is 2. The number of halogens is 1. The molecule has 0 aromatic rings. The molecule has 54 valence electrons. The SMILES string of the molecule is CC(F)=NN.NC(N)=O. The van der Waals surface area contributed by atoms with Gasteiger partial charge in [0.2, 0.25) is 5.97 Å². The highest BCUT2D eigenvalue weighted by Crippen LogP contribution is 1.65. The van der Waals surface area contributed by atoms with Gasteiger partial charge >= 0.3 is 6.03 Å². The fourth-order valence-corrected chi connectivity index (χ4v) is 0. The summed E-state index contributed by atoms with van der Waals surface area (Å²) in [5.74, 6) is 3.79. The molecule has 0 saturated heterocycles. The third-order valence-corrected chi connectivity index (χ3v) is 0.178. The predicted molar refractivity (Wildman–Crippen MR) is 32.2 cm³/mol. The van der Waals surface area contributed by atoms with Crippen LogP contribution in [-0.4, -0.2) is 12.0 Å². The van der Waals surface area contributed by atoms with Gasteiger partial charge in [-0.25, -0.2) is 4.79 Å². The van der Waals surface area contributed by atoms with Gasteiger partial charge in [0.15, 0.2) is 0 Å². The van der Waals surface area contributed by atoms with Gasteiger partial charge in [0.25, 0.3) is 0 Å². The molecule has 0 aliphatic rings. The Kier molecular flexibility index (Phi) is 7.87. The molecule has 0 aliphatic heterocycles. The highest BCUT2D eigenvalue weighted by atomic mass is 19.1. The normalized spacial score (nSPS) is 9.33. The highest BCUT2D eigenvalue weighted by molar-refractivity contribution is 5.71. The molecule has 0 unspecified atom stereocenters. The molecule has 2 amide bonds. The van der Waals surface area contributed by atoms with Crippen LogP contribution in [0.15, 0.2) is 5.10 Å². The number of hydrogen-bond donors (Lipinski definition) is 3. The topological polar surface area (TPSA) is 107 Å². The second-order valence-electron chi connectivity index (χ2n) is 1.03. The molecule has 5 nitrogen and oxygen atoms in total. The number of nitrogens with two attached hydrogens (primary N) is 3. The smallest absolute Gasteiger partial charge is 0.309 e. The molecule has 0 bridgehead atoms. The first kappa shape index (κ1) is 10.6. The molecule has 0 radical (unpaired) electrons. The van der Waals surface area contributed by atoms with E-state index in [2.05, 4.69) is 22.4 Å². The first-order valence-electron chi connectivity index (χ1n) is 1.95. The minimum absolute atomic E-state index is 0.593. The van der Waals surface area contributed by atoms with Gasteiger partial charge in [-0.2, -0.15) is 9.49 Å². The zero-order valence-electron chi connectivity index (χ0n) is 4.97. The predicted octanol–water partition coefficient (Wildman–Crippen LogP) is -0.728. The molecule has 6 N–H and O–H groups in total. The van der Waals surface area contributed by atoms with E-state index in [0.29, 0.717) is 0 Å². The van der Waals surface area contributed by atoms with E-state index in [1.165, 1.54) is 6.92 Å². The summed E-state index contributed by atoms with van der Waals surface area (Å²) in [5.41, 5.74) is 8.50. The number of carbonyl (C=O) groups is 1. The van der Waals surface area contributed by atoms with Crippen LogP contribution < -0.4 is 17.3 Å². The molecule has 6 heteroatoms. The molecular weight excluding hydrogens is 127 g/mol. The molecule has 0 fully saturated rings. The quantitative estimate of drug-likeness (QED) is 0.232. The van der Waals surface area contributed by atoms with Gasteiger partial charge in [-0.05, 0) is 0 Å². The number of hydrogen-bond acceptors (Lipinski definition) is 3. The van der Waals surface area contributed by atoms with Crippen LogP contribution in [-0.2, 0) is 0 Å². The summed E-state index contributed by atoms with van der Waals surface area (Å²) >= 11 is 0. The highest BCUT2D eigenvalue weighted by Gasteiger charge is 1.70. The Morgan fingerprint density at radius 3 is 1.67 bits per heavy atom. The molecular formula is C3H9FN4O. The summed E-state index contributed by atoms with van der Waals surface area (Å²) < 4.78 is 11.1. The number of primary amides is 2. The fourth-order valence-electron chi connectivity index (χ4n) is 0. The number of urea groups is 1. The molecule has 0 saturated carbocycles. The lowest BCUT2D eigenvalue weighted by atomic mass is 10.9. The Hall–Kier alpha value is -1.33. The largest absolute Gasteiger partial charge is 0.352 e. The van der Waals surface area contributed by atoms with Crippen LogP contribution in [0.1, 0.15) is 6.92 Å². The lowest BCUT2D eigenvalue weighted by Gasteiger charge is -1.68. The Balaban J connectivity index is 0. The maximum atomic E-state index is 11.1. The van der Waals surface area contributed by atoms with E-state index >= 15 is 0 Å². The summed E-state index contributed by atoms with van der Waals surface area (Å²) in [6.45, 7) is 1.18. The monoisotopic (exact) mass is 136 g/mol. The van der Waals surface area contributed by atoms with Crippen molar-refractivity contribution in [1.82, 2.24) is 0 Å². The summed E-state index contributed by atoms with van der Waals surface area (Å²) in [7, 11) is 0. The van der Waals surface area contributed by atoms with Crippen molar-refractivity contribution in [1.29, 1.82) is 0 Å². The van der Waals surface area contributed by atoms with Crippen LogP contribution in [0.3, 0.4) is 0 Å². The minimum Gasteiger partial charge on any atom is -0.352 e. The lowest BCUT2D eigenvalue weighted by Crippen LogP contribution is -2.18. The lowest BCUT2D eigenvalue weighted by molar-refractivity contribution is 0.256. The van der Waals surface area contributed by atoms with E-state index in [0.717, 1.165) is 0 Å². The fraction of sp³-hybridized carbons (Fsp3) is 0.333. The number of rotatable bonds is 0. The van der Waals surface area contributed by atoms with Crippen molar-refractivity contribution < 1.29 is 9.18 Å². The van der Waals surface area contributed by atoms with Crippen LogP contribution in [0.25, 0.3) is 0 Å². The van der Waals surface area contributed by atoms with Crippen molar-refractivity contribution in [2.45, 2.75) is 6.92 Å². The first-order chi connectivity index (χ1) is 4.00. The average molecular weight is 136 g/mol. The summed E-state index contributed by atoms with van der Waals surface area (Å²) in [6.07, 6.45) is 0. The molecule has 9 heavy (non-hydrogen) atoms. The molecule has 0 aromatic carbocycles. The maximum Gasteiger partial charge on any atom is 0.309 e. The number of carbonyl (C=O) groups excluding carboxylic acids is 1. The standard InChI is InChI=1S/C2H5FN2.CH4N2O/c1-2(3)5-4;2-1(3)4/h4H2,1H3;(H4,2,3,4). The average Bonchev–Trinajstić information content (AvgIpc) is 1.65. The van der Waals surface area contributed by atoms with E-state index in [1.54, 1.807) is 0 Å². The second-order valence-corrected chi connectivity index (χ2v) is 1.03. The van der Waals surface area contributed by atoms with Crippen molar-refractivity contribution >= 4 is 12.0 Å². The third kappa shape index (κ3) is 324. The second kappa shape index (κ2) is 6.67. The third-order valence-electron chi connectivity index (χ3n) is 0.178. The van der Waals surface area contributed by atoms with Crippen LogP contribution in [0.2, 0.25) is 0 Å². The van der Waals surface area contributed by atoms with Crippen molar-refractivity contribution in [2.75, 3.05) is 0 Å². The van der Waals surface area contributed by atoms with Gasteiger partial charge in [-0.3, -0.25) is 0 Å². The zero-order chi connectivity index (χ0) is 7.86. The molecule has 0 aromatic heterocycles. The van der Waals surface area contributed by atoms with E-state index in [-0.39, 0.29) is 0 Å². The van der Waals surface area contributed by atoms with Gasteiger partial charge in [-0.15, -0.1) is 0 Å². The van der Waals surface area contributed by atoms with Gasteiger partial charge in [-0.1, -0.05) is 0 Å². The molecule has 0 aliphatic carbocycles. The first-order valence-corrected chi connectivity index (χ1v) is 1.95. The summed E-state index contributed by atoms with van der Waals surface area (Å²) in [4.78, 5) is 9.00. The number of nitrogens with zero attached hydrogens (tertiary/aromatic N) is 1. The van der Waals surface area contributed by atoms with E-state index in [4.69, 9.17) is 4.79 Å². The summed E-state index contributed by atoms with van der Waals surface area (Å²) in [6, 6.07) is -0.833. The molecule has 0 rings (SSSR count). The van der Waals surface area contributed by atoms with E-state index in [9.17, 15) is 4.39 Å². The zero-order valence-corrected chi connectivity index (χ0v) is 4.97. The summed E-state index contributed by atoms with van der Waals surface area (Å²) in [5, 5.41) is 2.64. The van der Waals surface area contributed by atoms with Gasteiger partial charge in [0.1, 0.15) is 0 Å². The van der Waals surface area contributed by atoms with Crippen molar-refractivity contribution in [2.24, 2.45) is 22.4 Å². The molecule has 0 heterocycles. The van der Waals surface area contributed by atoms with E-state index in [1.807, 2.05) is 0 Å². The Bertz CT molecular complexity index is 104. The van der Waals surface area contributed by atoms with Crippen LogP contribution in [0.5, 0.6) is 0 Å². The van der Waals surface area contributed by atoms with Gasteiger partial charge < -0.3 is 17.3 Å². The van der Waals surface area contributed by atoms with Crippen LogP contribution in [0, 0.1) is 0 Å². The minimum atomic E-state index is -0.833. The van der Waals surface area contributed by atoms with Crippen molar-refractivity contribution in [3.63, 3.8) is 0 Å². The number of hydrazone groups is 1. The van der Waals surface area contributed by atoms with Crippen molar-refractivity contribution in [3.8, 4) is 0 Å². The van der Waals surface area contributed by atoms with E-state index < -0.39 is 12.0 Å². The van der Waals surface area contributed by atoms with Crippen LogP contribution >= 0.6 is 0 Å².